The van der Waals surface area contributed by atoms with Gasteiger partial charge in [-0.15, -0.1) is 0 Å². The van der Waals surface area contributed by atoms with E-state index in [1.807, 2.05) is 42.6 Å². The number of nitrogens with one attached hydrogen (secondary N) is 1. The number of fused-ring (bicyclic) bond motifs is 3. The molecule has 0 aliphatic carbocycles. The molecule has 0 saturated carbocycles. The van der Waals surface area contributed by atoms with E-state index < -0.39 is 6.04 Å². The first-order valence-corrected chi connectivity index (χ1v) is 10.4. The number of urea groups is 1. The van der Waals surface area contributed by atoms with E-state index in [-0.39, 0.29) is 24.2 Å². The van der Waals surface area contributed by atoms with Gasteiger partial charge in [-0.25, -0.2) is 13.6 Å². The molecule has 3 aromatic carbocycles. The third-order valence-corrected chi connectivity index (χ3v) is 5.77. The lowest BCUT2D eigenvalue weighted by Crippen LogP contribution is -2.41. The second-order valence-electron chi connectivity index (χ2n) is 7.80. The van der Waals surface area contributed by atoms with Crippen LogP contribution in [0.3, 0.4) is 0 Å². The van der Waals surface area contributed by atoms with Crippen LogP contribution in [0.15, 0.2) is 91.1 Å². The summed E-state index contributed by atoms with van der Waals surface area (Å²) in [4.78, 5) is 15.2. The molecule has 0 spiro atoms. The van der Waals surface area contributed by atoms with Crippen molar-refractivity contribution in [3.63, 3.8) is 0 Å². The molecule has 1 N–H and O–H groups in total. The summed E-state index contributed by atoms with van der Waals surface area (Å²) in [7, 11) is 0. The van der Waals surface area contributed by atoms with Crippen molar-refractivity contribution in [3.8, 4) is 5.69 Å². The van der Waals surface area contributed by atoms with Crippen molar-refractivity contribution in [2.75, 3.05) is 0 Å². The molecule has 4 nitrogen and oxygen atoms in total. The number of carbonyl (C=O) groups excluding carboxylic acids is 1. The smallest absolute Gasteiger partial charge is 0.318 e. The zero-order valence-corrected chi connectivity index (χ0v) is 17.2. The van der Waals surface area contributed by atoms with E-state index in [9.17, 15) is 13.6 Å². The van der Waals surface area contributed by atoms with Crippen molar-refractivity contribution in [1.82, 2.24) is 14.8 Å². The number of para-hydroxylation sites is 1. The number of benzene rings is 3. The van der Waals surface area contributed by atoms with Gasteiger partial charge in [-0.05, 0) is 59.2 Å². The second-order valence-corrected chi connectivity index (χ2v) is 7.80. The molecule has 0 fully saturated rings. The minimum atomic E-state index is -0.411. The summed E-state index contributed by atoms with van der Waals surface area (Å²) >= 11 is 0. The average molecular weight is 429 g/mol. The van der Waals surface area contributed by atoms with Crippen molar-refractivity contribution < 1.29 is 13.6 Å². The fourth-order valence-electron chi connectivity index (χ4n) is 4.22. The maximum absolute atomic E-state index is 13.7. The molecule has 1 aliphatic rings. The minimum Gasteiger partial charge on any atom is -0.334 e. The first kappa shape index (κ1) is 20.0. The molecule has 1 aromatic heterocycles. The van der Waals surface area contributed by atoms with Crippen LogP contribution in [0.1, 0.15) is 28.4 Å². The SMILES string of the molecule is O=C(NCc1ccc(F)cc1)N1Cc2ccccc2-n2cccc2[C@@H]1c1ccc(F)cc1. The van der Waals surface area contributed by atoms with Gasteiger partial charge in [-0.1, -0.05) is 42.5 Å². The van der Waals surface area contributed by atoms with Crippen LogP contribution in [0.5, 0.6) is 0 Å². The van der Waals surface area contributed by atoms with Gasteiger partial charge in [0.15, 0.2) is 0 Å². The highest BCUT2D eigenvalue weighted by Gasteiger charge is 2.32. The summed E-state index contributed by atoms with van der Waals surface area (Å²) in [5.41, 5.74) is 4.55. The summed E-state index contributed by atoms with van der Waals surface area (Å²) < 4.78 is 28.9. The molecule has 4 aromatic rings. The minimum absolute atomic E-state index is 0.256. The van der Waals surface area contributed by atoms with Crippen LogP contribution in [0.2, 0.25) is 0 Å². The number of nitrogens with zero attached hydrogens (tertiary/aromatic N) is 2. The molecule has 2 heterocycles. The first-order valence-electron chi connectivity index (χ1n) is 10.4. The molecule has 1 aliphatic heterocycles. The molecule has 160 valence electrons. The van der Waals surface area contributed by atoms with Gasteiger partial charge in [-0.2, -0.15) is 0 Å². The Bertz CT molecular complexity index is 1250. The number of aromatic nitrogens is 1. The normalized spacial score (nSPS) is 14.9. The molecular weight excluding hydrogens is 408 g/mol. The average Bonchev–Trinajstić information content (AvgIpc) is 3.24. The topological polar surface area (TPSA) is 37.3 Å². The first-order chi connectivity index (χ1) is 15.6. The van der Waals surface area contributed by atoms with Gasteiger partial charge in [0.25, 0.3) is 0 Å². The number of amides is 2. The fourth-order valence-corrected chi connectivity index (χ4v) is 4.22. The molecule has 32 heavy (non-hydrogen) atoms. The number of rotatable bonds is 3. The van der Waals surface area contributed by atoms with Gasteiger partial charge < -0.3 is 14.8 Å². The molecule has 0 radical (unpaired) electrons. The predicted molar refractivity (Wildman–Crippen MR) is 118 cm³/mol. The molecule has 5 rings (SSSR count). The van der Waals surface area contributed by atoms with Crippen LogP contribution in [-0.2, 0) is 13.1 Å². The van der Waals surface area contributed by atoms with Crippen molar-refractivity contribution in [2.45, 2.75) is 19.1 Å². The van der Waals surface area contributed by atoms with Crippen molar-refractivity contribution in [2.24, 2.45) is 0 Å². The Morgan fingerprint density at radius 2 is 1.56 bits per heavy atom. The van der Waals surface area contributed by atoms with Gasteiger partial charge in [0, 0.05) is 18.4 Å². The van der Waals surface area contributed by atoms with Crippen LogP contribution in [-0.4, -0.2) is 15.5 Å². The summed E-state index contributed by atoms with van der Waals surface area (Å²) in [6, 6.07) is 23.5. The third kappa shape index (κ3) is 3.75. The Morgan fingerprint density at radius 1 is 0.875 bits per heavy atom. The molecule has 0 saturated heterocycles. The van der Waals surface area contributed by atoms with Crippen LogP contribution in [0.25, 0.3) is 5.69 Å². The summed E-state index contributed by atoms with van der Waals surface area (Å²) in [5, 5.41) is 2.96. The Morgan fingerprint density at radius 3 is 2.31 bits per heavy atom. The zero-order valence-electron chi connectivity index (χ0n) is 17.2. The van der Waals surface area contributed by atoms with Crippen LogP contribution >= 0.6 is 0 Å². The van der Waals surface area contributed by atoms with E-state index in [0.29, 0.717) is 6.54 Å². The summed E-state index contributed by atoms with van der Waals surface area (Å²) in [6.45, 7) is 0.656. The van der Waals surface area contributed by atoms with Gasteiger partial charge in [0.2, 0.25) is 0 Å². The van der Waals surface area contributed by atoms with Crippen molar-refractivity contribution >= 4 is 6.03 Å². The van der Waals surface area contributed by atoms with Gasteiger partial charge >= 0.3 is 6.03 Å². The van der Waals surface area contributed by atoms with Gasteiger partial charge in [0.05, 0.1) is 18.3 Å². The van der Waals surface area contributed by atoms with Crippen LogP contribution < -0.4 is 5.32 Å². The number of hydrogen-bond acceptors (Lipinski definition) is 1. The number of carbonyl (C=O) groups is 1. The summed E-state index contributed by atoms with van der Waals surface area (Å²) in [6.07, 6.45) is 1.98. The largest absolute Gasteiger partial charge is 0.334 e. The van der Waals surface area contributed by atoms with Crippen molar-refractivity contribution in [3.05, 3.63) is 125 Å². The summed E-state index contributed by atoms with van der Waals surface area (Å²) in [5.74, 6) is -0.644. The molecule has 0 unspecified atom stereocenters. The lowest BCUT2D eigenvalue weighted by Gasteiger charge is -2.31. The highest BCUT2D eigenvalue weighted by molar-refractivity contribution is 5.76. The Labute approximate surface area is 184 Å². The third-order valence-electron chi connectivity index (χ3n) is 5.77. The Kier molecular flexibility index (Phi) is 5.19. The molecule has 0 bridgehead atoms. The molecular formula is C26H21F2N3O. The Hall–Kier alpha value is -3.93. The maximum atomic E-state index is 13.7. The van der Waals surface area contributed by atoms with E-state index in [0.717, 1.165) is 28.1 Å². The quantitative estimate of drug-likeness (QED) is 0.454. The van der Waals surface area contributed by atoms with E-state index >= 15 is 0 Å². The van der Waals surface area contributed by atoms with Gasteiger partial charge in [0.1, 0.15) is 11.6 Å². The van der Waals surface area contributed by atoms with Crippen LogP contribution in [0.4, 0.5) is 13.6 Å². The molecule has 1 atom stereocenters. The van der Waals surface area contributed by atoms with E-state index in [1.54, 1.807) is 29.2 Å². The lowest BCUT2D eigenvalue weighted by atomic mass is 10.0. The van der Waals surface area contributed by atoms with Crippen molar-refractivity contribution in [1.29, 1.82) is 0 Å². The van der Waals surface area contributed by atoms with E-state index in [2.05, 4.69) is 9.88 Å². The van der Waals surface area contributed by atoms with E-state index in [1.165, 1.54) is 24.3 Å². The lowest BCUT2D eigenvalue weighted by molar-refractivity contribution is 0.180. The Balaban J connectivity index is 1.54. The molecule has 6 heteroatoms. The standard InChI is InChI=1S/C26H21F2N3O/c27-21-11-7-18(8-12-21)16-29-26(32)31-17-20-4-1-2-5-23(20)30-15-3-6-24(30)25(31)19-9-13-22(28)14-10-19/h1-15,25H,16-17H2,(H,29,32)/t25-/m0/s1. The predicted octanol–water partition coefficient (Wildman–Crippen LogP) is 5.57. The number of hydrogen-bond donors (Lipinski definition) is 1. The fraction of sp³-hybridized carbons (Fsp3) is 0.115. The zero-order chi connectivity index (χ0) is 22.1. The molecule has 2 amide bonds. The van der Waals surface area contributed by atoms with E-state index in [4.69, 9.17) is 0 Å². The highest BCUT2D eigenvalue weighted by Crippen LogP contribution is 2.36. The number of halogens is 2. The monoisotopic (exact) mass is 429 g/mol. The van der Waals surface area contributed by atoms with Gasteiger partial charge in [-0.3, -0.25) is 0 Å². The second kappa shape index (κ2) is 8.30. The van der Waals surface area contributed by atoms with Crippen LogP contribution in [0, 0.1) is 11.6 Å². The highest BCUT2D eigenvalue weighted by atomic mass is 19.1. The maximum Gasteiger partial charge on any atom is 0.318 e.